The molecule has 3 nitrogen and oxygen atoms in total. The Labute approximate surface area is 84.1 Å². The Balaban J connectivity index is 2.46. The van der Waals surface area contributed by atoms with Gasteiger partial charge in [-0.05, 0) is 45.1 Å². The molecule has 0 bridgehead atoms. The average Bonchev–Trinajstić information content (AvgIpc) is 2.61. The second-order valence-electron chi connectivity index (χ2n) is 4.47. The van der Waals surface area contributed by atoms with Crippen molar-refractivity contribution in [1.82, 2.24) is 10.2 Å². The van der Waals surface area contributed by atoms with E-state index in [0.717, 1.165) is 18.5 Å². The predicted molar refractivity (Wildman–Crippen MR) is 53.9 cm³/mol. The van der Waals surface area contributed by atoms with Gasteiger partial charge in [0.25, 0.3) is 0 Å². The van der Waals surface area contributed by atoms with Crippen LogP contribution < -0.4 is 0 Å². The highest BCUT2D eigenvalue weighted by Gasteiger charge is 2.29. The van der Waals surface area contributed by atoms with Crippen LogP contribution in [0.2, 0.25) is 0 Å². The number of aromatic nitrogens is 2. The number of nitrogens with one attached hydrogen (secondary N) is 1. The number of fused-ring (bicyclic) bond motifs is 1. The van der Waals surface area contributed by atoms with Gasteiger partial charge in [0.2, 0.25) is 0 Å². The van der Waals surface area contributed by atoms with E-state index in [2.05, 4.69) is 16.3 Å². The van der Waals surface area contributed by atoms with Crippen LogP contribution in [0.3, 0.4) is 0 Å². The van der Waals surface area contributed by atoms with Gasteiger partial charge < -0.3 is 0 Å². The molecule has 0 amide bonds. The maximum absolute atomic E-state index is 9.06. The molecule has 1 heterocycles. The normalized spacial score (nSPS) is 16.1. The summed E-state index contributed by atoms with van der Waals surface area (Å²) in [5.74, 6) is 0. The largest absolute Gasteiger partial charge is 0.282 e. The summed E-state index contributed by atoms with van der Waals surface area (Å²) in [5.41, 5.74) is 3.04. The highest BCUT2D eigenvalue weighted by molar-refractivity contribution is 5.36. The van der Waals surface area contributed by atoms with Crippen molar-refractivity contribution in [2.24, 2.45) is 0 Å². The second-order valence-corrected chi connectivity index (χ2v) is 4.47. The monoisotopic (exact) mass is 189 g/mol. The van der Waals surface area contributed by atoms with Gasteiger partial charge in [-0.1, -0.05) is 0 Å². The minimum atomic E-state index is -0.457. The molecule has 0 fully saturated rings. The minimum absolute atomic E-state index is 0.457. The summed E-state index contributed by atoms with van der Waals surface area (Å²) in [6.07, 6.45) is 4.62. The van der Waals surface area contributed by atoms with Gasteiger partial charge in [-0.25, -0.2) is 0 Å². The molecular weight excluding hydrogens is 174 g/mol. The van der Waals surface area contributed by atoms with Crippen molar-refractivity contribution < 1.29 is 0 Å². The van der Waals surface area contributed by atoms with Gasteiger partial charge in [-0.15, -0.1) is 0 Å². The molecule has 0 saturated heterocycles. The van der Waals surface area contributed by atoms with E-state index in [9.17, 15) is 0 Å². The van der Waals surface area contributed by atoms with Crippen LogP contribution in [-0.4, -0.2) is 10.2 Å². The molecule has 2 rings (SSSR count). The first-order valence-corrected chi connectivity index (χ1v) is 5.13. The van der Waals surface area contributed by atoms with Gasteiger partial charge in [0.15, 0.2) is 0 Å². The molecule has 0 unspecified atom stereocenters. The van der Waals surface area contributed by atoms with Crippen LogP contribution in [0.4, 0.5) is 0 Å². The Morgan fingerprint density at radius 3 is 2.79 bits per heavy atom. The van der Waals surface area contributed by atoms with E-state index < -0.39 is 5.41 Å². The molecule has 1 aromatic heterocycles. The molecule has 1 aromatic rings. The van der Waals surface area contributed by atoms with Crippen molar-refractivity contribution in [2.45, 2.75) is 44.9 Å². The number of nitrogens with zero attached hydrogens (tertiary/aromatic N) is 2. The van der Waals surface area contributed by atoms with E-state index in [-0.39, 0.29) is 0 Å². The zero-order chi connectivity index (χ0) is 10.2. The number of hydrogen-bond acceptors (Lipinski definition) is 2. The first kappa shape index (κ1) is 9.26. The summed E-state index contributed by atoms with van der Waals surface area (Å²) in [4.78, 5) is 0. The number of H-pyrrole nitrogens is 1. The highest BCUT2D eigenvalue weighted by Crippen LogP contribution is 2.30. The van der Waals surface area contributed by atoms with E-state index in [4.69, 9.17) is 5.26 Å². The summed E-state index contributed by atoms with van der Waals surface area (Å²) >= 11 is 0. The molecule has 14 heavy (non-hydrogen) atoms. The Bertz CT molecular complexity index is 382. The van der Waals surface area contributed by atoms with Crippen molar-refractivity contribution in [2.75, 3.05) is 0 Å². The van der Waals surface area contributed by atoms with Crippen LogP contribution >= 0.6 is 0 Å². The lowest BCUT2D eigenvalue weighted by Gasteiger charge is -2.17. The van der Waals surface area contributed by atoms with Crippen molar-refractivity contribution in [3.05, 3.63) is 17.0 Å². The molecule has 0 radical (unpaired) electrons. The molecule has 74 valence electrons. The van der Waals surface area contributed by atoms with Crippen molar-refractivity contribution in [3.63, 3.8) is 0 Å². The minimum Gasteiger partial charge on any atom is -0.282 e. The van der Waals surface area contributed by atoms with Crippen LogP contribution in [0, 0.1) is 11.3 Å². The van der Waals surface area contributed by atoms with Gasteiger partial charge >= 0.3 is 0 Å². The lowest BCUT2D eigenvalue weighted by Crippen LogP contribution is -2.17. The summed E-state index contributed by atoms with van der Waals surface area (Å²) in [6, 6.07) is 2.31. The zero-order valence-electron chi connectivity index (χ0n) is 8.72. The first-order valence-electron chi connectivity index (χ1n) is 5.13. The predicted octanol–water partition coefficient (Wildman–Crippen LogP) is 2.09. The van der Waals surface area contributed by atoms with Gasteiger partial charge in [-0.3, -0.25) is 5.10 Å². The van der Waals surface area contributed by atoms with Crippen LogP contribution in [0.15, 0.2) is 0 Å². The van der Waals surface area contributed by atoms with E-state index in [1.807, 2.05) is 13.8 Å². The van der Waals surface area contributed by atoms with Gasteiger partial charge in [0.1, 0.15) is 0 Å². The van der Waals surface area contributed by atoms with E-state index in [1.165, 1.54) is 24.1 Å². The van der Waals surface area contributed by atoms with Crippen LogP contribution in [0.1, 0.15) is 43.6 Å². The topological polar surface area (TPSA) is 52.5 Å². The van der Waals surface area contributed by atoms with Crippen LogP contribution in [0.5, 0.6) is 0 Å². The molecule has 0 saturated carbocycles. The Hall–Kier alpha value is -1.30. The van der Waals surface area contributed by atoms with Gasteiger partial charge in [-0.2, -0.15) is 10.4 Å². The lowest BCUT2D eigenvalue weighted by molar-refractivity contribution is 0.630. The van der Waals surface area contributed by atoms with E-state index in [0.29, 0.717) is 0 Å². The van der Waals surface area contributed by atoms with Crippen molar-refractivity contribution in [3.8, 4) is 6.07 Å². The average molecular weight is 189 g/mol. The van der Waals surface area contributed by atoms with E-state index in [1.54, 1.807) is 0 Å². The van der Waals surface area contributed by atoms with E-state index >= 15 is 0 Å². The quantitative estimate of drug-likeness (QED) is 0.735. The standard InChI is InChI=1S/C11H15N3/c1-11(2,7-12)10-8-5-3-4-6-9(8)13-14-10/h3-6H2,1-2H3,(H,13,14). The molecule has 1 N–H and O–H groups in total. The fourth-order valence-corrected chi connectivity index (χ4v) is 2.05. The molecule has 0 aromatic carbocycles. The summed E-state index contributed by atoms with van der Waals surface area (Å²) in [5, 5.41) is 16.4. The lowest BCUT2D eigenvalue weighted by atomic mass is 9.84. The summed E-state index contributed by atoms with van der Waals surface area (Å²) in [6.45, 7) is 3.86. The third-order valence-corrected chi connectivity index (χ3v) is 2.93. The summed E-state index contributed by atoms with van der Waals surface area (Å²) < 4.78 is 0. The molecule has 1 aliphatic rings. The molecule has 1 aliphatic carbocycles. The fourth-order valence-electron chi connectivity index (χ4n) is 2.05. The number of rotatable bonds is 1. The Morgan fingerprint density at radius 2 is 2.07 bits per heavy atom. The molecule has 0 aliphatic heterocycles. The Morgan fingerprint density at radius 1 is 1.36 bits per heavy atom. The maximum atomic E-state index is 9.06. The van der Waals surface area contributed by atoms with Gasteiger partial charge in [0, 0.05) is 5.69 Å². The number of nitriles is 1. The van der Waals surface area contributed by atoms with Crippen molar-refractivity contribution in [1.29, 1.82) is 5.26 Å². The number of aromatic amines is 1. The van der Waals surface area contributed by atoms with Crippen LogP contribution in [0.25, 0.3) is 0 Å². The number of aryl methyl sites for hydroxylation is 1. The third kappa shape index (κ3) is 1.31. The zero-order valence-corrected chi connectivity index (χ0v) is 8.72. The van der Waals surface area contributed by atoms with Crippen LogP contribution in [-0.2, 0) is 18.3 Å². The first-order chi connectivity index (χ1) is 6.65. The fraction of sp³-hybridized carbons (Fsp3) is 0.636. The summed E-state index contributed by atoms with van der Waals surface area (Å²) in [7, 11) is 0. The third-order valence-electron chi connectivity index (χ3n) is 2.93. The smallest absolute Gasteiger partial charge is 0.0958 e. The van der Waals surface area contributed by atoms with Gasteiger partial charge in [0.05, 0.1) is 17.2 Å². The van der Waals surface area contributed by atoms with Crippen molar-refractivity contribution >= 4 is 0 Å². The molecule has 0 atom stereocenters. The highest BCUT2D eigenvalue weighted by atomic mass is 15.1. The second kappa shape index (κ2) is 3.13. The molecule has 3 heteroatoms. The molecule has 0 spiro atoms. The SMILES string of the molecule is CC(C)(C#N)c1n[nH]c2c1CCCC2. The number of hydrogen-bond donors (Lipinski definition) is 1. The molecular formula is C11H15N3. The maximum Gasteiger partial charge on any atom is 0.0958 e. The Kier molecular flexibility index (Phi) is 2.07.